The standard InChI is InChI=1S/C10H10BrNO/c1-6-4-8(5-12)10(13-3)7(2)9(6)11/h4H,1-3H3. The maximum Gasteiger partial charge on any atom is 0.140 e. The first-order valence-corrected chi connectivity index (χ1v) is 4.65. The van der Waals surface area contributed by atoms with E-state index in [1.165, 1.54) is 0 Å². The Morgan fingerprint density at radius 3 is 2.54 bits per heavy atom. The van der Waals surface area contributed by atoms with E-state index in [0.717, 1.165) is 15.6 Å². The molecule has 0 aliphatic carbocycles. The largest absolute Gasteiger partial charge is 0.495 e. The number of benzene rings is 1. The average Bonchev–Trinajstić information content (AvgIpc) is 2.13. The van der Waals surface area contributed by atoms with Gasteiger partial charge in [0.2, 0.25) is 0 Å². The average molecular weight is 240 g/mol. The number of halogens is 1. The lowest BCUT2D eigenvalue weighted by Crippen LogP contribution is -1.94. The number of hydrogen-bond acceptors (Lipinski definition) is 2. The molecule has 0 aliphatic heterocycles. The molecule has 0 fully saturated rings. The summed E-state index contributed by atoms with van der Waals surface area (Å²) in [6.45, 7) is 3.88. The minimum Gasteiger partial charge on any atom is -0.495 e. The van der Waals surface area contributed by atoms with Crippen LogP contribution in [0.4, 0.5) is 0 Å². The molecule has 0 saturated heterocycles. The van der Waals surface area contributed by atoms with Gasteiger partial charge in [-0.05, 0) is 25.5 Å². The molecule has 0 aromatic heterocycles. The highest BCUT2D eigenvalue weighted by molar-refractivity contribution is 9.10. The van der Waals surface area contributed by atoms with Crippen LogP contribution < -0.4 is 4.74 Å². The maximum atomic E-state index is 8.84. The lowest BCUT2D eigenvalue weighted by Gasteiger charge is -2.10. The molecule has 3 heteroatoms. The molecule has 1 aromatic rings. The number of ether oxygens (including phenoxy) is 1. The van der Waals surface area contributed by atoms with Gasteiger partial charge in [-0.15, -0.1) is 0 Å². The summed E-state index contributed by atoms with van der Waals surface area (Å²) < 4.78 is 6.15. The molecule has 0 unspecified atom stereocenters. The van der Waals surface area contributed by atoms with Crippen molar-refractivity contribution in [1.82, 2.24) is 0 Å². The van der Waals surface area contributed by atoms with Crippen LogP contribution in [0.5, 0.6) is 5.75 Å². The van der Waals surface area contributed by atoms with Crippen molar-refractivity contribution in [2.45, 2.75) is 13.8 Å². The summed E-state index contributed by atoms with van der Waals surface area (Å²) in [6.07, 6.45) is 0. The number of hydrogen-bond donors (Lipinski definition) is 0. The van der Waals surface area contributed by atoms with Crippen LogP contribution in [-0.2, 0) is 0 Å². The monoisotopic (exact) mass is 239 g/mol. The van der Waals surface area contributed by atoms with Crippen molar-refractivity contribution < 1.29 is 4.74 Å². The van der Waals surface area contributed by atoms with E-state index in [1.54, 1.807) is 7.11 Å². The Morgan fingerprint density at radius 2 is 2.08 bits per heavy atom. The Labute approximate surface area is 86.3 Å². The minimum atomic E-state index is 0.584. The van der Waals surface area contributed by atoms with Crippen LogP contribution in [0.3, 0.4) is 0 Å². The van der Waals surface area contributed by atoms with Crippen molar-refractivity contribution in [2.24, 2.45) is 0 Å². The van der Waals surface area contributed by atoms with Gasteiger partial charge < -0.3 is 4.74 Å². The van der Waals surface area contributed by atoms with Crippen LogP contribution in [-0.4, -0.2) is 7.11 Å². The predicted molar refractivity (Wildman–Crippen MR) is 54.9 cm³/mol. The Balaban J connectivity index is 3.50. The molecule has 68 valence electrons. The highest BCUT2D eigenvalue weighted by Gasteiger charge is 2.11. The molecule has 0 aliphatic rings. The predicted octanol–water partition coefficient (Wildman–Crippen LogP) is 2.95. The van der Waals surface area contributed by atoms with Crippen molar-refractivity contribution >= 4 is 15.9 Å². The third-order valence-electron chi connectivity index (χ3n) is 1.95. The normalized spacial score (nSPS) is 9.46. The molecule has 1 rings (SSSR count). The van der Waals surface area contributed by atoms with E-state index in [2.05, 4.69) is 22.0 Å². The molecule has 0 atom stereocenters. The van der Waals surface area contributed by atoms with E-state index in [4.69, 9.17) is 10.00 Å². The summed E-state index contributed by atoms with van der Waals surface area (Å²) in [5.74, 6) is 0.653. The second-order valence-corrected chi connectivity index (χ2v) is 3.62. The van der Waals surface area contributed by atoms with E-state index >= 15 is 0 Å². The Morgan fingerprint density at radius 1 is 1.46 bits per heavy atom. The molecule has 0 amide bonds. The number of nitriles is 1. The summed E-state index contributed by atoms with van der Waals surface area (Å²) in [5, 5.41) is 8.84. The van der Waals surface area contributed by atoms with Gasteiger partial charge >= 0.3 is 0 Å². The van der Waals surface area contributed by atoms with Gasteiger partial charge in [0.15, 0.2) is 0 Å². The van der Waals surface area contributed by atoms with Gasteiger partial charge in [0.05, 0.1) is 12.7 Å². The zero-order valence-electron chi connectivity index (χ0n) is 7.81. The summed E-state index contributed by atoms with van der Waals surface area (Å²) in [4.78, 5) is 0. The zero-order valence-corrected chi connectivity index (χ0v) is 9.40. The number of rotatable bonds is 1. The number of methoxy groups -OCH3 is 1. The summed E-state index contributed by atoms with van der Waals surface area (Å²) in [6, 6.07) is 3.92. The van der Waals surface area contributed by atoms with Crippen LogP contribution >= 0.6 is 15.9 Å². The fourth-order valence-electron chi connectivity index (χ4n) is 1.29. The number of aryl methyl sites for hydroxylation is 1. The summed E-state index contributed by atoms with van der Waals surface area (Å²) in [5.41, 5.74) is 2.61. The van der Waals surface area contributed by atoms with Gasteiger partial charge in [-0.2, -0.15) is 5.26 Å². The van der Waals surface area contributed by atoms with E-state index < -0.39 is 0 Å². The topological polar surface area (TPSA) is 33.0 Å². The van der Waals surface area contributed by atoms with Gasteiger partial charge in [-0.3, -0.25) is 0 Å². The minimum absolute atomic E-state index is 0.584. The summed E-state index contributed by atoms with van der Waals surface area (Å²) in [7, 11) is 1.57. The number of nitrogens with zero attached hydrogens (tertiary/aromatic N) is 1. The van der Waals surface area contributed by atoms with Gasteiger partial charge in [0.25, 0.3) is 0 Å². The van der Waals surface area contributed by atoms with Crippen molar-refractivity contribution in [3.05, 3.63) is 27.2 Å². The van der Waals surface area contributed by atoms with E-state index in [-0.39, 0.29) is 0 Å². The van der Waals surface area contributed by atoms with Crippen LogP contribution in [0, 0.1) is 25.2 Å². The van der Waals surface area contributed by atoms with Crippen LogP contribution in [0.15, 0.2) is 10.5 Å². The first kappa shape index (κ1) is 10.1. The maximum absolute atomic E-state index is 8.84. The lowest BCUT2D eigenvalue weighted by atomic mass is 10.1. The Bertz CT molecular complexity index is 379. The third-order valence-corrected chi connectivity index (χ3v) is 3.17. The first-order valence-electron chi connectivity index (χ1n) is 3.85. The second-order valence-electron chi connectivity index (χ2n) is 2.83. The van der Waals surface area contributed by atoms with Crippen LogP contribution in [0.25, 0.3) is 0 Å². The smallest absolute Gasteiger partial charge is 0.140 e. The first-order chi connectivity index (χ1) is 6.11. The molecular weight excluding hydrogens is 230 g/mol. The third kappa shape index (κ3) is 1.68. The van der Waals surface area contributed by atoms with E-state index in [0.29, 0.717) is 11.3 Å². The van der Waals surface area contributed by atoms with Crippen molar-refractivity contribution in [2.75, 3.05) is 7.11 Å². The molecule has 1 aromatic carbocycles. The zero-order chi connectivity index (χ0) is 10.0. The van der Waals surface area contributed by atoms with Gasteiger partial charge in [0, 0.05) is 10.0 Å². The van der Waals surface area contributed by atoms with Crippen LogP contribution in [0.2, 0.25) is 0 Å². The molecule has 0 spiro atoms. The fourth-order valence-corrected chi connectivity index (χ4v) is 1.58. The molecule has 13 heavy (non-hydrogen) atoms. The van der Waals surface area contributed by atoms with E-state index in [1.807, 2.05) is 19.9 Å². The molecule has 0 saturated carbocycles. The molecular formula is C10H10BrNO. The van der Waals surface area contributed by atoms with Gasteiger partial charge in [0.1, 0.15) is 11.8 Å². The van der Waals surface area contributed by atoms with E-state index in [9.17, 15) is 0 Å². The Kier molecular flexibility index (Phi) is 2.94. The van der Waals surface area contributed by atoms with Crippen LogP contribution in [0.1, 0.15) is 16.7 Å². The molecule has 0 radical (unpaired) electrons. The molecule has 0 N–H and O–H groups in total. The Hall–Kier alpha value is -1.01. The van der Waals surface area contributed by atoms with Gasteiger partial charge in [-0.25, -0.2) is 0 Å². The lowest BCUT2D eigenvalue weighted by molar-refractivity contribution is 0.410. The summed E-state index contributed by atoms with van der Waals surface area (Å²) >= 11 is 3.44. The van der Waals surface area contributed by atoms with Crippen molar-refractivity contribution in [3.8, 4) is 11.8 Å². The van der Waals surface area contributed by atoms with Crippen molar-refractivity contribution in [1.29, 1.82) is 5.26 Å². The quantitative estimate of drug-likeness (QED) is 0.755. The second kappa shape index (κ2) is 3.80. The molecule has 0 bridgehead atoms. The molecule has 0 heterocycles. The fraction of sp³-hybridized carbons (Fsp3) is 0.300. The van der Waals surface area contributed by atoms with Gasteiger partial charge in [-0.1, -0.05) is 15.9 Å². The molecule has 2 nitrogen and oxygen atoms in total. The van der Waals surface area contributed by atoms with Crippen molar-refractivity contribution in [3.63, 3.8) is 0 Å². The highest BCUT2D eigenvalue weighted by atomic mass is 79.9. The highest BCUT2D eigenvalue weighted by Crippen LogP contribution is 2.32. The SMILES string of the molecule is COc1c(C#N)cc(C)c(Br)c1C.